The Labute approximate surface area is 191 Å². The molecule has 2 aromatic heterocycles. The van der Waals surface area contributed by atoms with Crippen LogP contribution in [0.1, 0.15) is 53.8 Å². The maximum atomic E-state index is 13.0. The molecule has 2 aliphatic rings. The molecule has 1 N–H and O–H groups in total. The molecule has 2 aromatic rings. The SMILES string of the molecule is Cc1nc(OC2CC(F)C2)ccc1C(C)N1CCc2c(NCC#N)nc(Cl)c(C#N)c2C1. The average molecular weight is 455 g/mol. The van der Waals surface area contributed by atoms with Gasteiger partial charge >= 0.3 is 0 Å². The van der Waals surface area contributed by atoms with Gasteiger partial charge in [0.1, 0.15) is 35.9 Å². The summed E-state index contributed by atoms with van der Waals surface area (Å²) < 4.78 is 18.8. The summed E-state index contributed by atoms with van der Waals surface area (Å²) in [5, 5.41) is 21.7. The minimum Gasteiger partial charge on any atom is -0.474 e. The number of hydrogen-bond donors (Lipinski definition) is 1. The maximum absolute atomic E-state index is 13.0. The van der Waals surface area contributed by atoms with Gasteiger partial charge in [-0.2, -0.15) is 10.5 Å². The van der Waals surface area contributed by atoms with E-state index in [2.05, 4.69) is 33.2 Å². The molecular weight excluding hydrogens is 431 g/mol. The number of nitrogens with zero attached hydrogens (tertiary/aromatic N) is 5. The molecule has 1 aliphatic heterocycles. The van der Waals surface area contributed by atoms with Gasteiger partial charge in [0, 0.05) is 49.3 Å². The summed E-state index contributed by atoms with van der Waals surface area (Å²) in [7, 11) is 0. The number of halogens is 2. The number of aryl methyl sites for hydroxylation is 1. The number of anilines is 1. The number of aromatic nitrogens is 2. The Morgan fingerprint density at radius 3 is 2.75 bits per heavy atom. The second kappa shape index (κ2) is 9.28. The number of nitriles is 2. The normalized spacial score (nSPS) is 20.9. The summed E-state index contributed by atoms with van der Waals surface area (Å²) in [4.78, 5) is 11.2. The van der Waals surface area contributed by atoms with E-state index in [9.17, 15) is 9.65 Å². The zero-order valence-electron chi connectivity index (χ0n) is 18.0. The minimum atomic E-state index is -0.764. The molecule has 1 fully saturated rings. The molecule has 7 nitrogen and oxygen atoms in total. The van der Waals surface area contributed by atoms with Crippen LogP contribution in [0.3, 0.4) is 0 Å². The molecule has 1 aliphatic carbocycles. The van der Waals surface area contributed by atoms with Crippen LogP contribution in [-0.2, 0) is 13.0 Å². The number of alkyl halides is 1. The molecule has 0 spiro atoms. The van der Waals surface area contributed by atoms with Crippen LogP contribution in [0.25, 0.3) is 0 Å². The van der Waals surface area contributed by atoms with Crippen LogP contribution < -0.4 is 10.1 Å². The fourth-order valence-electron chi connectivity index (χ4n) is 4.36. The first-order valence-electron chi connectivity index (χ1n) is 10.7. The molecular formula is C23H24ClFN6O. The van der Waals surface area contributed by atoms with Gasteiger partial charge in [-0.05, 0) is 31.4 Å². The van der Waals surface area contributed by atoms with Crippen molar-refractivity contribution in [2.24, 2.45) is 0 Å². The smallest absolute Gasteiger partial charge is 0.213 e. The van der Waals surface area contributed by atoms with E-state index in [4.69, 9.17) is 21.6 Å². The lowest BCUT2D eigenvalue weighted by molar-refractivity contribution is 0.0376. The van der Waals surface area contributed by atoms with Gasteiger partial charge in [0.15, 0.2) is 0 Å². The fourth-order valence-corrected chi connectivity index (χ4v) is 4.60. The summed E-state index contributed by atoms with van der Waals surface area (Å²) in [6.45, 7) is 5.48. The van der Waals surface area contributed by atoms with Gasteiger partial charge in [-0.25, -0.2) is 14.4 Å². The van der Waals surface area contributed by atoms with Crippen molar-refractivity contribution in [2.75, 3.05) is 18.4 Å². The molecule has 3 heterocycles. The Kier molecular flexibility index (Phi) is 6.45. The molecule has 1 unspecified atom stereocenters. The summed E-state index contributed by atoms with van der Waals surface area (Å²) >= 11 is 6.28. The molecule has 0 aromatic carbocycles. The molecule has 0 radical (unpaired) electrons. The first kappa shape index (κ1) is 22.3. The van der Waals surface area contributed by atoms with Crippen LogP contribution in [0.15, 0.2) is 12.1 Å². The van der Waals surface area contributed by atoms with Crippen LogP contribution in [0.2, 0.25) is 5.15 Å². The molecule has 0 saturated heterocycles. The number of nitrogens with one attached hydrogen (secondary N) is 1. The monoisotopic (exact) mass is 454 g/mol. The number of pyridine rings is 2. The summed E-state index contributed by atoms with van der Waals surface area (Å²) in [5.74, 6) is 1.10. The third-order valence-electron chi connectivity index (χ3n) is 6.25. The molecule has 0 amide bonds. The number of hydrogen-bond acceptors (Lipinski definition) is 7. The van der Waals surface area contributed by atoms with E-state index < -0.39 is 6.17 Å². The highest BCUT2D eigenvalue weighted by atomic mass is 35.5. The second-order valence-corrected chi connectivity index (χ2v) is 8.59. The average Bonchev–Trinajstić information content (AvgIpc) is 2.75. The molecule has 4 rings (SSSR count). The third kappa shape index (κ3) is 4.34. The minimum absolute atomic E-state index is 0.0534. The lowest BCUT2D eigenvalue weighted by Gasteiger charge is -2.35. The first-order chi connectivity index (χ1) is 15.4. The molecule has 1 atom stereocenters. The van der Waals surface area contributed by atoms with Gasteiger partial charge in [0.2, 0.25) is 5.88 Å². The van der Waals surface area contributed by atoms with Crippen LogP contribution in [0, 0.1) is 29.6 Å². The molecule has 0 bridgehead atoms. The van der Waals surface area contributed by atoms with Crippen molar-refractivity contribution < 1.29 is 9.13 Å². The van der Waals surface area contributed by atoms with Gasteiger partial charge in [-0.3, -0.25) is 4.90 Å². The van der Waals surface area contributed by atoms with Crippen molar-refractivity contribution in [3.63, 3.8) is 0 Å². The predicted molar refractivity (Wildman–Crippen MR) is 118 cm³/mol. The first-order valence-corrected chi connectivity index (χ1v) is 11.0. The Hall–Kier alpha value is -2.94. The van der Waals surface area contributed by atoms with E-state index in [0.717, 1.165) is 28.9 Å². The van der Waals surface area contributed by atoms with E-state index in [1.54, 1.807) is 0 Å². The van der Waals surface area contributed by atoms with Crippen LogP contribution in [-0.4, -0.2) is 40.2 Å². The Bertz CT molecular complexity index is 1110. The quantitative estimate of drug-likeness (QED) is 0.514. The highest BCUT2D eigenvalue weighted by Crippen LogP contribution is 2.36. The lowest BCUT2D eigenvalue weighted by Crippen LogP contribution is -2.35. The summed E-state index contributed by atoms with van der Waals surface area (Å²) in [6.07, 6.45) is 0.683. The van der Waals surface area contributed by atoms with E-state index in [1.165, 1.54) is 0 Å². The number of ether oxygens (including phenoxy) is 1. The van der Waals surface area contributed by atoms with Gasteiger partial charge in [-0.15, -0.1) is 0 Å². The number of rotatable bonds is 6. The Morgan fingerprint density at radius 2 is 2.09 bits per heavy atom. The molecule has 32 heavy (non-hydrogen) atoms. The topological polar surface area (TPSA) is 97.9 Å². The van der Waals surface area contributed by atoms with Crippen molar-refractivity contribution in [3.05, 3.63) is 45.2 Å². The van der Waals surface area contributed by atoms with E-state index in [1.807, 2.05) is 25.1 Å². The lowest BCUT2D eigenvalue weighted by atomic mass is 9.93. The van der Waals surface area contributed by atoms with Gasteiger partial charge < -0.3 is 10.1 Å². The van der Waals surface area contributed by atoms with Crippen molar-refractivity contribution in [1.82, 2.24) is 14.9 Å². The Balaban J connectivity index is 1.55. The number of fused-ring (bicyclic) bond motifs is 1. The van der Waals surface area contributed by atoms with E-state index in [0.29, 0.717) is 43.1 Å². The summed E-state index contributed by atoms with van der Waals surface area (Å²) in [5.41, 5.74) is 4.10. The van der Waals surface area contributed by atoms with Crippen molar-refractivity contribution in [1.29, 1.82) is 10.5 Å². The molecule has 9 heteroatoms. The largest absolute Gasteiger partial charge is 0.474 e. The van der Waals surface area contributed by atoms with Gasteiger partial charge in [0.25, 0.3) is 0 Å². The molecule has 166 valence electrons. The van der Waals surface area contributed by atoms with Crippen molar-refractivity contribution in [2.45, 2.75) is 58.0 Å². The van der Waals surface area contributed by atoms with Crippen LogP contribution >= 0.6 is 11.6 Å². The summed E-state index contributed by atoms with van der Waals surface area (Å²) in [6, 6.07) is 8.14. The highest BCUT2D eigenvalue weighted by Gasteiger charge is 2.32. The maximum Gasteiger partial charge on any atom is 0.213 e. The second-order valence-electron chi connectivity index (χ2n) is 8.24. The van der Waals surface area contributed by atoms with E-state index in [-0.39, 0.29) is 23.8 Å². The molecule has 1 saturated carbocycles. The fraction of sp³-hybridized carbons (Fsp3) is 0.478. The van der Waals surface area contributed by atoms with Gasteiger partial charge in [0.05, 0.1) is 11.6 Å². The predicted octanol–water partition coefficient (Wildman–Crippen LogP) is 4.24. The zero-order valence-corrected chi connectivity index (χ0v) is 18.8. The van der Waals surface area contributed by atoms with Crippen LogP contribution in [0.4, 0.5) is 10.2 Å². The third-order valence-corrected chi connectivity index (χ3v) is 6.52. The van der Waals surface area contributed by atoms with Crippen molar-refractivity contribution in [3.8, 4) is 18.0 Å². The zero-order chi connectivity index (χ0) is 22.8. The van der Waals surface area contributed by atoms with Crippen molar-refractivity contribution >= 4 is 17.4 Å². The van der Waals surface area contributed by atoms with Crippen LogP contribution in [0.5, 0.6) is 5.88 Å². The van der Waals surface area contributed by atoms with E-state index >= 15 is 0 Å². The Morgan fingerprint density at radius 1 is 1.31 bits per heavy atom. The highest BCUT2D eigenvalue weighted by molar-refractivity contribution is 6.30. The standard InChI is InChI=1S/C23H24ClFN6O/c1-13-17(3-4-21(29-13)32-16-9-15(25)10-16)14(2)31-8-5-18-20(12-31)19(11-27)22(24)30-23(18)28-7-6-26/h3-4,14-16H,5,7-10,12H2,1-2H3,(H,28,30). The van der Waals surface area contributed by atoms with Gasteiger partial charge in [-0.1, -0.05) is 17.7 Å².